The van der Waals surface area contributed by atoms with Crippen molar-refractivity contribution in [2.24, 2.45) is 5.92 Å². The minimum Gasteiger partial charge on any atom is -0.487 e. The summed E-state index contributed by atoms with van der Waals surface area (Å²) in [5, 5.41) is 0. The average Bonchev–Trinajstić information content (AvgIpc) is 2.92. The highest BCUT2D eigenvalue weighted by atomic mass is 35.5. The monoisotopic (exact) mass is 444 g/mol. The van der Waals surface area contributed by atoms with Crippen LogP contribution in [0.25, 0.3) is 0 Å². The highest BCUT2D eigenvalue weighted by Gasteiger charge is 2.30. The Labute approximate surface area is 183 Å². The lowest BCUT2D eigenvalue weighted by Crippen LogP contribution is -2.43. The van der Waals surface area contributed by atoms with Gasteiger partial charge in [0.05, 0.1) is 6.26 Å². The van der Waals surface area contributed by atoms with Crippen LogP contribution in [-0.4, -0.2) is 61.7 Å². The van der Waals surface area contributed by atoms with E-state index in [4.69, 9.17) is 4.74 Å². The number of benzene rings is 1. The van der Waals surface area contributed by atoms with Crippen LogP contribution in [-0.2, 0) is 22.9 Å². The second-order valence-corrected chi connectivity index (χ2v) is 11.2. The van der Waals surface area contributed by atoms with Crippen molar-refractivity contribution >= 4 is 22.4 Å². The summed E-state index contributed by atoms with van der Waals surface area (Å²) in [6.07, 6.45) is 5.24. The maximum absolute atomic E-state index is 11.7. The van der Waals surface area contributed by atoms with Crippen LogP contribution in [0, 0.1) is 5.92 Å². The number of likely N-dealkylation sites (N-methyl/N-ethyl adjacent to an activating group) is 1. The largest absolute Gasteiger partial charge is 0.487 e. The van der Waals surface area contributed by atoms with Gasteiger partial charge in [0.25, 0.3) is 0 Å². The summed E-state index contributed by atoms with van der Waals surface area (Å²) in [7, 11) is -3.04. The van der Waals surface area contributed by atoms with Gasteiger partial charge in [-0.3, -0.25) is 0 Å². The topological polar surface area (TPSA) is 49.9 Å². The zero-order chi connectivity index (χ0) is 20.5. The lowest BCUT2D eigenvalue weighted by molar-refractivity contribution is 0.138. The zero-order valence-corrected chi connectivity index (χ0v) is 20.1. The molecule has 2 heterocycles. The summed E-state index contributed by atoms with van der Waals surface area (Å²) in [4.78, 5) is 2.55. The van der Waals surface area contributed by atoms with Gasteiger partial charge in [0.2, 0.25) is 10.0 Å². The molecule has 5 nitrogen and oxygen atoms in total. The Hall–Kier alpha value is -0.820. The first-order valence-electron chi connectivity index (χ1n) is 10.6. The van der Waals surface area contributed by atoms with Crippen molar-refractivity contribution < 1.29 is 13.2 Å². The van der Waals surface area contributed by atoms with Gasteiger partial charge >= 0.3 is 0 Å². The Morgan fingerprint density at radius 1 is 1.28 bits per heavy atom. The molecule has 29 heavy (non-hydrogen) atoms. The average molecular weight is 445 g/mol. The first-order valence-corrected chi connectivity index (χ1v) is 12.4. The van der Waals surface area contributed by atoms with Gasteiger partial charge in [0.1, 0.15) is 11.4 Å². The molecule has 1 aromatic carbocycles. The molecule has 1 fully saturated rings. The van der Waals surface area contributed by atoms with E-state index < -0.39 is 10.0 Å². The number of sulfonamides is 1. The molecule has 0 radical (unpaired) electrons. The van der Waals surface area contributed by atoms with Crippen molar-refractivity contribution in [2.75, 3.05) is 32.4 Å². The zero-order valence-electron chi connectivity index (χ0n) is 18.5. The van der Waals surface area contributed by atoms with E-state index in [1.165, 1.54) is 17.4 Å². The Balaban J connectivity index is 0.00000300. The third kappa shape index (κ3) is 6.33. The molecule has 0 unspecified atom stereocenters. The van der Waals surface area contributed by atoms with E-state index >= 15 is 0 Å². The summed E-state index contributed by atoms with van der Waals surface area (Å²) in [6, 6.07) is 7.11. The van der Waals surface area contributed by atoms with Crippen LogP contribution >= 0.6 is 12.4 Å². The van der Waals surface area contributed by atoms with Crippen molar-refractivity contribution in [3.05, 3.63) is 29.3 Å². The van der Waals surface area contributed by atoms with Crippen molar-refractivity contribution in [3.8, 4) is 5.75 Å². The quantitative estimate of drug-likeness (QED) is 0.642. The van der Waals surface area contributed by atoms with Crippen LogP contribution in [0.1, 0.15) is 51.7 Å². The molecule has 1 saturated heterocycles. The van der Waals surface area contributed by atoms with Crippen LogP contribution in [0.3, 0.4) is 0 Å². The fraction of sp³-hybridized carbons (Fsp3) is 0.727. The summed E-state index contributed by atoms with van der Waals surface area (Å²) in [5.41, 5.74) is 2.60. The number of fused-ring (bicyclic) bond motifs is 1. The molecule has 166 valence electrons. The minimum absolute atomic E-state index is 0. The number of hydrogen-bond acceptors (Lipinski definition) is 4. The predicted octanol–water partition coefficient (Wildman–Crippen LogP) is 3.75. The summed E-state index contributed by atoms with van der Waals surface area (Å²) < 4.78 is 31.0. The SMILES string of the molecule is CCN(CC1CCN(S(C)(=O)=O)CC1)[C@@H](C)Cc1ccc2c(c1)CC(C)(C)O2.Cl. The molecule has 1 atom stereocenters. The van der Waals surface area contributed by atoms with Crippen LogP contribution in [0.15, 0.2) is 18.2 Å². The maximum Gasteiger partial charge on any atom is 0.211 e. The highest BCUT2D eigenvalue weighted by molar-refractivity contribution is 7.88. The third-order valence-corrected chi connectivity index (χ3v) is 7.53. The molecule has 0 spiro atoms. The van der Waals surface area contributed by atoms with Crippen molar-refractivity contribution in [1.29, 1.82) is 0 Å². The Morgan fingerprint density at radius 3 is 2.52 bits per heavy atom. The Kier molecular flexibility index (Phi) is 8.05. The molecule has 7 heteroatoms. The van der Waals surface area contributed by atoms with E-state index in [-0.39, 0.29) is 18.0 Å². The summed E-state index contributed by atoms with van der Waals surface area (Å²) in [6.45, 7) is 12.2. The van der Waals surface area contributed by atoms with E-state index in [2.05, 4.69) is 50.8 Å². The van der Waals surface area contributed by atoms with Gasteiger partial charge in [-0.1, -0.05) is 19.1 Å². The van der Waals surface area contributed by atoms with Crippen LogP contribution in [0.2, 0.25) is 0 Å². The van der Waals surface area contributed by atoms with E-state index in [1.54, 1.807) is 4.31 Å². The molecule has 2 aliphatic rings. The number of hydrogen-bond donors (Lipinski definition) is 0. The Morgan fingerprint density at radius 2 is 1.93 bits per heavy atom. The highest BCUT2D eigenvalue weighted by Crippen LogP contribution is 2.35. The van der Waals surface area contributed by atoms with Gasteiger partial charge in [0.15, 0.2) is 0 Å². The van der Waals surface area contributed by atoms with Gasteiger partial charge in [-0.25, -0.2) is 12.7 Å². The maximum atomic E-state index is 11.7. The molecule has 0 aromatic heterocycles. The van der Waals surface area contributed by atoms with Gasteiger partial charge < -0.3 is 9.64 Å². The molecule has 0 aliphatic carbocycles. The third-order valence-electron chi connectivity index (χ3n) is 6.22. The minimum atomic E-state index is -3.04. The Bertz CT molecular complexity index is 789. The number of rotatable bonds is 7. The summed E-state index contributed by atoms with van der Waals surface area (Å²) in [5.74, 6) is 1.61. The van der Waals surface area contributed by atoms with Gasteiger partial charge in [-0.05, 0) is 69.7 Å². The van der Waals surface area contributed by atoms with Crippen molar-refractivity contribution in [1.82, 2.24) is 9.21 Å². The molecule has 0 amide bonds. The lowest BCUT2D eigenvalue weighted by Gasteiger charge is -2.36. The molecule has 2 aliphatic heterocycles. The van der Waals surface area contributed by atoms with Crippen LogP contribution in [0.4, 0.5) is 0 Å². The van der Waals surface area contributed by atoms with Crippen molar-refractivity contribution in [2.45, 2.75) is 65.0 Å². The van der Waals surface area contributed by atoms with E-state index in [1.807, 2.05) is 0 Å². The molecular formula is C22H37ClN2O3S. The molecule has 3 rings (SSSR count). The normalized spacial score (nSPS) is 20.8. The van der Waals surface area contributed by atoms with Gasteiger partial charge in [-0.15, -0.1) is 12.4 Å². The van der Waals surface area contributed by atoms with Gasteiger partial charge in [-0.2, -0.15) is 0 Å². The second kappa shape index (κ2) is 9.54. The second-order valence-electron chi connectivity index (χ2n) is 9.23. The van der Waals surface area contributed by atoms with E-state index in [0.717, 1.165) is 44.5 Å². The fourth-order valence-electron chi connectivity index (χ4n) is 4.64. The smallest absolute Gasteiger partial charge is 0.211 e. The molecular weight excluding hydrogens is 408 g/mol. The number of halogens is 1. The van der Waals surface area contributed by atoms with Crippen LogP contribution in [0.5, 0.6) is 5.75 Å². The molecule has 1 aromatic rings. The number of ether oxygens (including phenoxy) is 1. The molecule has 0 saturated carbocycles. The number of nitrogens with zero attached hydrogens (tertiary/aromatic N) is 2. The first-order chi connectivity index (χ1) is 13.1. The number of piperidine rings is 1. The van der Waals surface area contributed by atoms with Gasteiger partial charge in [0, 0.05) is 32.1 Å². The predicted molar refractivity (Wildman–Crippen MR) is 122 cm³/mol. The van der Waals surface area contributed by atoms with E-state index in [0.29, 0.717) is 25.0 Å². The first kappa shape index (κ1) is 24.4. The molecule has 0 bridgehead atoms. The lowest BCUT2D eigenvalue weighted by atomic mass is 9.95. The van der Waals surface area contributed by atoms with Crippen LogP contribution < -0.4 is 4.74 Å². The standard InChI is InChI=1S/C22H36N2O3S.ClH/c1-6-23(16-18-9-11-24(12-10-18)28(5,25)26)17(2)13-19-7-8-21-20(14-19)15-22(3,4)27-21;/h7-8,14,17-18H,6,9-13,15-16H2,1-5H3;1H/t17-;/m0./s1. The molecule has 0 N–H and O–H groups in total. The summed E-state index contributed by atoms with van der Waals surface area (Å²) >= 11 is 0. The van der Waals surface area contributed by atoms with Crippen molar-refractivity contribution in [3.63, 3.8) is 0 Å². The van der Waals surface area contributed by atoms with E-state index in [9.17, 15) is 8.42 Å². The fourth-order valence-corrected chi connectivity index (χ4v) is 5.51.